The van der Waals surface area contributed by atoms with Gasteiger partial charge in [-0.15, -0.1) is 0 Å². The minimum atomic E-state index is 0.490. The highest BCUT2D eigenvalue weighted by molar-refractivity contribution is 6.21. The minimum absolute atomic E-state index is 0.490. The number of nitrogens with zero attached hydrogens (tertiary/aromatic N) is 4. The zero-order chi connectivity index (χ0) is 30.8. The third-order valence-electron chi connectivity index (χ3n) is 9.13. The molecule has 2 aromatic heterocycles. The molecule has 212 valence electrons. The van der Waals surface area contributed by atoms with Crippen LogP contribution in [0.15, 0.2) is 146 Å². The Balaban J connectivity index is 1.40. The van der Waals surface area contributed by atoms with Crippen LogP contribution in [0.25, 0.3) is 81.7 Å². The summed E-state index contributed by atoms with van der Waals surface area (Å²) in [7, 11) is 0. The molecular weight excluding hydrogens is 560 g/mol. The zero-order valence-corrected chi connectivity index (χ0v) is 24.6. The average Bonchev–Trinajstić information content (AvgIpc) is 3.64. The Kier molecular flexibility index (Phi) is 5.59. The Bertz CT molecular complexity index is 2770. The number of rotatable bonds is 3. The maximum absolute atomic E-state index is 10.4. The Morgan fingerprint density at radius 3 is 1.83 bits per heavy atom. The molecule has 0 radical (unpaired) electrons. The number of fused-ring (bicyclic) bond motifs is 8. The first-order valence-corrected chi connectivity index (χ1v) is 15.2. The second-order valence-electron chi connectivity index (χ2n) is 11.6. The van der Waals surface area contributed by atoms with Crippen molar-refractivity contribution in [2.24, 2.45) is 0 Å². The molecule has 0 amide bonds. The molecule has 0 fully saturated rings. The highest BCUT2D eigenvalue weighted by atomic mass is 15.0. The summed E-state index contributed by atoms with van der Waals surface area (Å²) in [4.78, 5) is 4.21. The van der Waals surface area contributed by atoms with Crippen molar-refractivity contribution in [1.82, 2.24) is 9.13 Å². The van der Waals surface area contributed by atoms with E-state index in [0.717, 1.165) is 65.5 Å². The first-order chi connectivity index (χ1) is 22.7. The van der Waals surface area contributed by atoms with Crippen LogP contribution in [0.5, 0.6) is 0 Å². The molecule has 9 rings (SSSR count). The normalized spacial score (nSPS) is 11.4. The zero-order valence-electron chi connectivity index (χ0n) is 24.6. The smallest absolute Gasteiger partial charge is 0.234 e. The summed E-state index contributed by atoms with van der Waals surface area (Å²) in [5, 5.41) is 17.1. The molecule has 0 aliphatic heterocycles. The van der Waals surface area contributed by atoms with E-state index in [1.165, 1.54) is 0 Å². The first kappa shape index (κ1) is 25.8. The van der Waals surface area contributed by atoms with Crippen LogP contribution in [0.1, 0.15) is 5.56 Å². The number of benzene rings is 7. The van der Waals surface area contributed by atoms with Gasteiger partial charge >= 0.3 is 0 Å². The molecule has 4 nitrogen and oxygen atoms in total. The molecule has 2 heterocycles. The van der Waals surface area contributed by atoms with Gasteiger partial charge in [0.2, 0.25) is 5.69 Å². The first-order valence-electron chi connectivity index (χ1n) is 15.2. The molecule has 4 heteroatoms. The van der Waals surface area contributed by atoms with E-state index in [9.17, 15) is 5.26 Å². The quantitative estimate of drug-likeness (QED) is 0.190. The van der Waals surface area contributed by atoms with Gasteiger partial charge in [0, 0.05) is 21.5 Å². The Labute approximate surface area is 265 Å². The third-order valence-corrected chi connectivity index (χ3v) is 9.13. The predicted molar refractivity (Wildman–Crippen MR) is 189 cm³/mol. The summed E-state index contributed by atoms with van der Waals surface area (Å²) >= 11 is 0. The highest BCUT2D eigenvalue weighted by Gasteiger charge is 2.23. The van der Waals surface area contributed by atoms with Crippen LogP contribution in [-0.4, -0.2) is 9.13 Å². The number of aromatic nitrogens is 2. The lowest BCUT2D eigenvalue weighted by atomic mass is 10.0. The van der Waals surface area contributed by atoms with Gasteiger partial charge in [-0.3, -0.25) is 0 Å². The molecule has 0 N–H and O–H groups in total. The topological polar surface area (TPSA) is 38.0 Å². The van der Waals surface area contributed by atoms with Crippen LogP contribution in [0, 0.1) is 17.9 Å². The van der Waals surface area contributed by atoms with E-state index in [0.29, 0.717) is 22.6 Å². The van der Waals surface area contributed by atoms with Crippen molar-refractivity contribution < 1.29 is 0 Å². The average molecular weight is 585 g/mol. The predicted octanol–water partition coefficient (Wildman–Crippen LogP) is 11.1. The SMILES string of the molecule is [C-]#[N+]c1c(-n2c3ccccc3c3cc(-c4ccccc4)ccc32)cc(C#N)cc1-n1c2ccccc2c2c3ccccc3ccc21. The molecule has 46 heavy (non-hydrogen) atoms. The van der Waals surface area contributed by atoms with Crippen LogP contribution < -0.4 is 0 Å². The standard InChI is InChI=1S/C42H24N4/c1-44-42-39(45-35-17-9-7-15-32(35)34-25-30(20-21-37(34)45)28-11-3-2-4-12-28)23-27(26-43)24-40(42)46-36-18-10-8-16-33(36)41-31-14-6-5-13-29(31)19-22-38(41)46/h2-25H. The van der Waals surface area contributed by atoms with Gasteiger partial charge in [-0.25, -0.2) is 4.85 Å². The van der Waals surface area contributed by atoms with Crippen LogP contribution in [0.2, 0.25) is 0 Å². The van der Waals surface area contributed by atoms with Gasteiger partial charge in [-0.05, 0) is 64.4 Å². The molecule has 7 aromatic carbocycles. The van der Waals surface area contributed by atoms with Crippen molar-refractivity contribution in [3.05, 3.63) is 163 Å². The molecule has 9 aromatic rings. The fraction of sp³-hybridized carbons (Fsp3) is 0. The van der Waals surface area contributed by atoms with Crippen molar-refractivity contribution in [2.75, 3.05) is 0 Å². The summed E-state index contributed by atoms with van der Waals surface area (Å²) in [6.45, 7) is 8.58. The van der Waals surface area contributed by atoms with E-state index in [2.05, 4.69) is 135 Å². The molecule has 0 aliphatic carbocycles. The van der Waals surface area contributed by atoms with E-state index >= 15 is 0 Å². The summed E-state index contributed by atoms with van der Waals surface area (Å²) in [6, 6.07) is 52.3. The van der Waals surface area contributed by atoms with Crippen molar-refractivity contribution in [3.63, 3.8) is 0 Å². The molecular formula is C42H24N4. The largest absolute Gasteiger partial charge is 0.319 e. The molecule has 0 aliphatic rings. The molecule has 0 unspecified atom stereocenters. The fourth-order valence-electron chi connectivity index (χ4n) is 7.17. The second kappa shape index (κ2) is 9.96. The van der Waals surface area contributed by atoms with Gasteiger partial charge in [0.25, 0.3) is 0 Å². The summed E-state index contributed by atoms with van der Waals surface area (Å²) in [6.07, 6.45) is 0. The van der Waals surface area contributed by atoms with Gasteiger partial charge in [0.1, 0.15) is 0 Å². The van der Waals surface area contributed by atoms with Gasteiger partial charge in [-0.2, -0.15) is 5.26 Å². The van der Waals surface area contributed by atoms with Crippen molar-refractivity contribution in [3.8, 4) is 28.6 Å². The number of hydrogen-bond acceptors (Lipinski definition) is 1. The second-order valence-corrected chi connectivity index (χ2v) is 11.6. The van der Waals surface area contributed by atoms with E-state index in [1.54, 1.807) is 0 Å². The van der Waals surface area contributed by atoms with Gasteiger partial charge in [0.15, 0.2) is 0 Å². The molecule has 0 atom stereocenters. The van der Waals surface area contributed by atoms with E-state index < -0.39 is 0 Å². The van der Waals surface area contributed by atoms with Gasteiger partial charge in [-0.1, -0.05) is 103 Å². The number of para-hydroxylation sites is 2. The number of hydrogen-bond donors (Lipinski definition) is 0. The third kappa shape index (κ3) is 3.65. The monoisotopic (exact) mass is 584 g/mol. The maximum atomic E-state index is 10.4. The van der Waals surface area contributed by atoms with Crippen molar-refractivity contribution in [1.29, 1.82) is 5.26 Å². The van der Waals surface area contributed by atoms with E-state index in [4.69, 9.17) is 6.57 Å². The summed E-state index contributed by atoms with van der Waals surface area (Å²) in [5.74, 6) is 0. The number of nitriles is 1. The van der Waals surface area contributed by atoms with Gasteiger partial charge in [0.05, 0.1) is 51.6 Å². The van der Waals surface area contributed by atoms with Crippen LogP contribution in [0.3, 0.4) is 0 Å². The highest BCUT2D eigenvalue weighted by Crippen LogP contribution is 2.44. The Hall–Kier alpha value is -6.62. The van der Waals surface area contributed by atoms with E-state index in [-0.39, 0.29) is 0 Å². The fourth-order valence-corrected chi connectivity index (χ4v) is 7.17. The maximum Gasteiger partial charge on any atom is 0.234 e. The molecule has 0 saturated heterocycles. The Morgan fingerprint density at radius 1 is 0.500 bits per heavy atom. The lowest BCUT2D eigenvalue weighted by molar-refractivity contribution is 1.14. The van der Waals surface area contributed by atoms with Crippen LogP contribution >= 0.6 is 0 Å². The molecule has 0 bridgehead atoms. The Morgan fingerprint density at radius 2 is 1.09 bits per heavy atom. The summed E-state index contributed by atoms with van der Waals surface area (Å²) in [5.41, 5.74) is 8.62. The lowest BCUT2D eigenvalue weighted by Crippen LogP contribution is -2.01. The van der Waals surface area contributed by atoms with Crippen molar-refractivity contribution in [2.45, 2.75) is 0 Å². The van der Waals surface area contributed by atoms with Crippen LogP contribution in [0.4, 0.5) is 5.69 Å². The van der Waals surface area contributed by atoms with Gasteiger partial charge < -0.3 is 9.13 Å². The van der Waals surface area contributed by atoms with Crippen LogP contribution in [-0.2, 0) is 0 Å². The van der Waals surface area contributed by atoms with E-state index in [1.807, 2.05) is 30.3 Å². The molecule has 0 spiro atoms. The lowest BCUT2D eigenvalue weighted by Gasteiger charge is -2.17. The molecule has 0 saturated carbocycles. The van der Waals surface area contributed by atoms with Crippen molar-refractivity contribution >= 4 is 60.1 Å². The summed E-state index contributed by atoms with van der Waals surface area (Å²) < 4.78 is 4.32. The minimum Gasteiger partial charge on any atom is -0.319 e.